The first-order valence-electron chi connectivity index (χ1n) is 8.16. The summed E-state index contributed by atoms with van der Waals surface area (Å²) < 4.78 is 15.4. The number of urea groups is 1. The highest BCUT2D eigenvalue weighted by atomic mass is 16.5. The molecule has 8 heteroatoms. The number of nitrogens with one attached hydrogen (secondary N) is 1. The van der Waals surface area contributed by atoms with Crippen molar-refractivity contribution in [3.05, 3.63) is 41.5 Å². The fraction of sp³-hybridized carbons (Fsp3) is 0.471. The Kier molecular flexibility index (Phi) is 5.49. The second-order valence-corrected chi connectivity index (χ2v) is 5.90. The molecule has 2 amide bonds. The van der Waals surface area contributed by atoms with Gasteiger partial charge in [0.25, 0.3) is 0 Å². The van der Waals surface area contributed by atoms with E-state index in [0.717, 1.165) is 11.3 Å². The SMILES string of the molecule is COCCc1noc(C2CN(C(=O)NCc3ccc(OC)cc3)C2)n1. The molecule has 0 atom stereocenters. The zero-order valence-corrected chi connectivity index (χ0v) is 14.4. The Labute approximate surface area is 146 Å². The van der Waals surface area contributed by atoms with E-state index in [9.17, 15) is 4.79 Å². The lowest BCUT2D eigenvalue weighted by atomic mass is 10.0. The number of amides is 2. The van der Waals surface area contributed by atoms with E-state index >= 15 is 0 Å². The molecule has 25 heavy (non-hydrogen) atoms. The van der Waals surface area contributed by atoms with E-state index in [2.05, 4.69) is 15.5 Å². The van der Waals surface area contributed by atoms with Crippen LogP contribution in [0.5, 0.6) is 5.75 Å². The van der Waals surface area contributed by atoms with Gasteiger partial charge in [-0.05, 0) is 17.7 Å². The molecule has 1 aliphatic rings. The number of likely N-dealkylation sites (tertiary alicyclic amines) is 1. The van der Waals surface area contributed by atoms with E-state index in [4.69, 9.17) is 14.0 Å². The van der Waals surface area contributed by atoms with Crippen LogP contribution in [0.2, 0.25) is 0 Å². The van der Waals surface area contributed by atoms with Gasteiger partial charge >= 0.3 is 6.03 Å². The van der Waals surface area contributed by atoms with E-state index in [-0.39, 0.29) is 11.9 Å². The molecule has 1 aromatic carbocycles. The number of nitrogens with zero attached hydrogens (tertiary/aromatic N) is 3. The van der Waals surface area contributed by atoms with E-state index in [1.807, 2.05) is 24.3 Å². The number of benzene rings is 1. The molecule has 0 aliphatic carbocycles. The summed E-state index contributed by atoms with van der Waals surface area (Å²) in [4.78, 5) is 18.2. The Morgan fingerprint density at radius 1 is 1.32 bits per heavy atom. The molecule has 8 nitrogen and oxygen atoms in total. The number of aromatic nitrogens is 2. The molecule has 0 bridgehead atoms. The smallest absolute Gasteiger partial charge is 0.317 e. The first-order chi connectivity index (χ1) is 12.2. The lowest BCUT2D eigenvalue weighted by molar-refractivity contribution is 0.136. The van der Waals surface area contributed by atoms with Crippen LogP contribution in [0, 0.1) is 0 Å². The molecule has 0 saturated carbocycles. The van der Waals surface area contributed by atoms with Crippen LogP contribution in [0.15, 0.2) is 28.8 Å². The van der Waals surface area contributed by atoms with Gasteiger partial charge < -0.3 is 24.2 Å². The van der Waals surface area contributed by atoms with Crippen LogP contribution in [0.3, 0.4) is 0 Å². The van der Waals surface area contributed by atoms with Gasteiger partial charge in [0.2, 0.25) is 5.89 Å². The Morgan fingerprint density at radius 2 is 2.08 bits per heavy atom. The third-order valence-corrected chi connectivity index (χ3v) is 4.13. The lowest BCUT2D eigenvalue weighted by Crippen LogP contribution is -2.52. The first-order valence-corrected chi connectivity index (χ1v) is 8.16. The summed E-state index contributed by atoms with van der Waals surface area (Å²) in [5, 5.41) is 6.83. The highest BCUT2D eigenvalue weighted by molar-refractivity contribution is 5.75. The van der Waals surface area contributed by atoms with Crippen molar-refractivity contribution in [1.82, 2.24) is 20.4 Å². The highest BCUT2D eigenvalue weighted by Crippen LogP contribution is 2.25. The van der Waals surface area contributed by atoms with Crippen LogP contribution < -0.4 is 10.1 Å². The summed E-state index contributed by atoms with van der Waals surface area (Å²) in [6.07, 6.45) is 0.624. The van der Waals surface area contributed by atoms with Crippen molar-refractivity contribution < 1.29 is 18.8 Å². The van der Waals surface area contributed by atoms with Gasteiger partial charge in [-0.3, -0.25) is 0 Å². The average Bonchev–Trinajstić information content (AvgIpc) is 3.05. The van der Waals surface area contributed by atoms with E-state index < -0.39 is 0 Å². The fourth-order valence-electron chi connectivity index (χ4n) is 2.56. The number of carbonyl (C=O) groups is 1. The van der Waals surface area contributed by atoms with Gasteiger partial charge in [-0.15, -0.1) is 0 Å². The summed E-state index contributed by atoms with van der Waals surface area (Å²) in [6, 6.07) is 7.51. The Morgan fingerprint density at radius 3 is 2.76 bits per heavy atom. The summed E-state index contributed by atoms with van der Waals surface area (Å²) in [6.45, 7) is 2.20. The molecule has 1 aromatic heterocycles. The van der Waals surface area contributed by atoms with Gasteiger partial charge in [0.05, 0.1) is 19.6 Å². The Bertz CT molecular complexity index is 695. The van der Waals surface area contributed by atoms with Gasteiger partial charge in [0.15, 0.2) is 5.82 Å². The fourth-order valence-corrected chi connectivity index (χ4v) is 2.56. The number of carbonyl (C=O) groups excluding carboxylic acids is 1. The molecule has 134 valence electrons. The average molecular weight is 346 g/mol. The first kappa shape index (κ1) is 17.2. The minimum absolute atomic E-state index is 0.0915. The zero-order chi connectivity index (χ0) is 17.6. The zero-order valence-electron chi connectivity index (χ0n) is 14.4. The van der Waals surface area contributed by atoms with Gasteiger partial charge in [0.1, 0.15) is 5.75 Å². The van der Waals surface area contributed by atoms with Crippen molar-refractivity contribution in [2.45, 2.75) is 18.9 Å². The lowest BCUT2D eigenvalue weighted by Gasteiger charge is -2.36. The number of ether oxygens (including phenoxy) is 2. The maximum Gasteiger partial charge on any atom is 0.317 e. The maximum absolute atomic E-state index is 12.2. The number of hydrogen-bond acceptors (Lipinski definition) is 6. The normalized spacial score (nSPS) is 14.2. The van der Waals surface area contributed by atoms with Gasteiger partial charge in [0, 0.05) is 33.2 Å². The molecule has 2 aromatic rings. The van der Waals surface area contributed by atoms with Crippen LogP contribution >= 0.6 is 0 Å². The van der Waals surface area contributed by atoms with Crippen molar-refractivity contribution in [2.24, 2.45) is 0 Å². The third kappa shape index (κ3) is 4.27. The van der Waals surface area contributed by atoms with E-state index in [1.165, 1.54) is 0 Å². The molecule has 0 spiro atoms. The number of rotatable bonds is 7. The largest absolute Gasteiger partial charge is 0.497 e. The molecular weight excluding hydrogens is 324 g/mol. The van der Waals surface area contributed by atoms with Crippen molar-refractivity contribution in [1.29, 1.82) is 0 Å². The van der Waals surface area contributed by atoms with Crippen LogP contribution in [0.25, 0.3) is 0 Å². The maximum atomic E-state index is 12.2. The second kappa shape index (κ2) is 7.98. The Balaban J connectivity index is 1.42. The molecule has 1 N–H and O–H groups in total. The minimum Gasteiger partial charge on any atom is -0.497 e. The van der Waals surface area contributed by atoms with Crippen LogP contribution in [0.1, 0.15) is 23.2 Å². The van der Waals surface area contributed by atoms with Gasteiger partial charge in [-0.1, -0.05) is 17.3 Å². The third-order valence-electron chi connectivity index (χ3n) is 4.13. The monoisotopic (exact) mass is 346 g/mol. The number of hydrogen-bond donors (Lipinski definition) is 1. The predicted octanol–water partition coefficient (Wildman–Crippen LogP) is 1.58. The van der Waals surface area contributed by atoms with Crippen LogP contribution in [-0.2, 0) is 17.7 Å². The van der Waals surface area contributed by atoms with Gasteiger partial charge in [-0.2, -0.15) is 4.98 Å². The van der Waals surface area contributed by atoms with Gasteiger partial charge in [-0.25, -0.2) is 4.79 Å². The molecular formula is C17H22N4O4. The van der Waals surface area contributed by atoms with E-state index in [1.54, 1.807) is 19.1 Å². The summed E-state index contributed by atoms with van der Waals surface area (Å²) in [7, 11) is 3.26. The van der Waals surface area contributed by atoms with Crippen LogP contribution in [0.4, 0.5) is 4.79 Å². The van der Waals surface area contributed by atoms with Crippen molar-refractivity contribution >= 4 is 6.03 Å². The molecule has 1 fully saturated rings. The quantitative estimate of drug-likeness (QED) is 0.819. The second-order valence-electron chi connectivity index (χ2n) is 5.90. The standard InChI is InChI=1S/C17H22N4O4/c1-23-8-7-15-19-16(25-20-15)13-10-21(11-13)17(22)18-9-12-3-5-14(24-2)6-4-12/h3-6,13H,7-11H2,1-2H3,(H,18,22). The Hall–Kier alpha value is -2.61. The summed E-state index contributed by atoms with van der Waals surface area (Å²) in [5.74, 6) is 2.13. The van der Waals surface area contributed by atoms with Crippen LogP contribution in [-0.4, -0.2) is 55.0 Å². The summed E-state index contributed by atoms with van der Waals surface area (Å²) >= 11 is 0. The topological polar surface area (TPSA) is 89.7 Å². The highest BCUT2D eigenvalue weighted by Gasteiger charge is 2.35. The van der Waals surface area contributed by atoms with Crippen molar-refractivity contribution in [3.8, 4) is 5.75 Å². The molecule has 1 saturated heterocycles. The summed E-state index contributed by atoms with van der Waals surface area (Å²) in [5.41, 5.74) is 1.02. The molecule has 1 aliphatic heterocycles. The molecule has 3 rings (SSSR count). The molecule has 2 heterocycles. The molecule has 0 radical (unpaired) electrons. The predicted molar refractivity (Wildman–Crippen MR) is 89.4 cm³/mol. The minimum atomic E-state index is -0.0915. The van der Waals surface area contributed by atoms with Crippen molar-refractivity contribution in [3.63, 3.8) is 0 Å². The molecule has 0 unspecified atom stereocenters. The van der Waals surface area contributed by atoms with Crippen molar-refractivity contribution in [2.75, 3.05) is 33.9 Å². The number of methoxy groups -OCH3 is 2. The van der Waals surface area contributed by atoms with E-state index in [0.29, 0.717) is 44.4 Å².